The maximum Gasteiger partial charge on any atom is 0.122 e. The Kier molecular flexibility index (Phi) is 5.23. The van der Waals surface area contributed by atoms with Gasteiger partial charge in [0.25, 0.3) is 0 Å². The highest BCUT2D eigenvalue weighted by atomic mass is 16.5. The smallest absolute Gasteiger partial charge is 0.122 e. The first-order chi connectivity index (χ1) is 9.24. The summed E-state index contributed by atoms with van der Waals surface area (Å²) in [6.45, 7) is 8.51. The van der Waals surface area contributed by atoms with Gasteiger partial charge in [-0.15, -0.1) is 0 Å². The molecule has 0 saturated heterocycles. The molecule has 19 heavy (non-hydrogen) atoms. The lowest BCUT2D eigenvalue weighted by atomic mass is 10.0. The molecule has 1 aliphatic heterocycles. The van der Waals surface area contributed by atoms with Crippen LogP contribution < -0.4 is 10.1 Å². The normalized spacial score (nSPS) is 15.4. The van der Waals surface area contributed by atoms with Gasteiger partial charge in [0.1, 0.15) is 5.75 Å². The van der Waals surface area contributed by atoms with Crippen molar-refractivity contribution in [1.29, 1.82) is 0 Å². The first-order valence-corrected chi connectivity index (χ1v) is 7.42. The Bertz CT molecular complexity index is 406. The van der Waals surface area contributed by atoms with Crippen LogP contribution in [0.15, 0.2) is 18.2 Å². The number of hydrogen-bond acceptors (Lipinski definition) is 3. The van der Waals surface area contributed by atoms with Crippen LogP contribution >= 0.6 is 0 Å². The van der Waals surface area contributed by atoms with Gasteiger partial charge in [-0.1, -0.05) is 26.0 Å². The Balaban J connectivity index is 1.93. The molecule has 0 aliphatic carbocycles. The lowest BCUT2D eigenvalue weighted by Crippen LogP contribution is -2.31. The molecule has 2 rings (SSSR count). The molecule has 106 valence electrons. The summed E-state index contributed by atoms with van der Waals surface area (Å²) in [6.07, 6.45) is 2.17. The Labute approximate surface area is 116 Å². The Morgan fingerprint density at radius 3 is 2.95 bits per heavy atom. The van der Waals surface area contributed by atoms with Crippen molar-refractivity contribution in [3.8, 4) is 5.75 Å². The van der Waals surface area contributed by atoms with Crippen molar-refractivity contribution in [2.45, 2.75) is 32.7 Å². The van der Waals surface area contributed by atoms with E-state index >= 15 is 0 Å². The van der Waals surface area contributed by atoms with E-state index in [2.05, 4.69) is 49.3 Å². The van der Waals surface area contributed by atoms with Gasteiger partial charge in [0.05, 0.1) is 6.61 Å². The van der Waals surface area contributed by atoms with Crippen molar-refractivity contribution >= 4 is 0 Å². The summed E-state index contributed by atoms with van der Waals surface area (Å²) in [4.78, 5) is 2.33. The molecular weight excluding hydrogens is 236 g/mol. The summed E-state index contributed by atoms with van der Waals surface area (Å²) in [5.41, 5.74) is 2.76. The van der Waals surface area contributed by atoms with Crippen LogP contribution in [0.4, 0.5) is 0 Å². The fourth-order valence-corrected chi connectivity index (χ4v) is 2.51. The van der Waals surface area contributed by atoms with Crippen LogP contribution in [0, 0.1) is 0 Å². The molecule has 3 nitrogen and oxygen atoms in total. The molecular formula is C16H26N2O. The molecule has 3 heteroatoms. The molecule has 0 saturated carbocycles. The molecule has 1 aliphatic rings. The number of benzene rings is 1. The van der Waals surface area contributed by atoms with Gasteiger partial charge in [0, 0.05) is 25.6 Å². The molecule has 0 fully saturated rings. The van der Waals surface area contributed by atoms with E-state index in [0.29, 0.717) is 6.04 Å². The third-order valence-electron chi connectivity index (χ3n) is 3.95. The molecule has 0 bridgehead atoms. The average molecular weight is 262 g/mol. The number of nitrogens with zero attached hydrogens (tertiary/aromatic N) is 1. The Morgan fingerprint density at radius 1 is 1.37 bits per heavy atom. The van der Waals surface area contributed by atoms with E-state index in [-0.39, 0.29) is 0 Å². The quantitative estimate of drug-likeness (QED) is 0.817. The summed E-state index contributed by atoms with van der Waals surface area (Å²) >= 11 is 0. The highest BCUT2D eigenvalue weighted by Gasteiger charge is 2.15. The topological polar surface area (TPSA) is 24.5 Å². The van der Waals surface area contributed by atoms with Gasteiger partial charge >= 0.3 is 0 Å². The molecule has 1 heterocycles. The molecule has 0 aromatic heterocycles. The van der Waals surface area contributed by atoms with Gasteiger partial charge < -0.3 is 15.0 Å². The van der Waals surface area contributed by atoms with E-state index < -0.39 is 0 Å². The predicted molar refractivity (Wildman–Crippen MR) is 79.8 cm³/mol. The Morgan fingerprint density at radius 2 is 2.21 bits per heavy atom. The number of fused-ring (bicyclic) bond motifs is 1. The van der Waals surface area contributed by atoms with E-state index in [1.165, 1.54) is 11.1 Å². The second kappa shape index (κ2) is 6.92. The number of nitrogens with one attached hydrogen (secondary N) is 1. The van der Waals surface area contributed by atoms with Crippen LogP contribution in [0.2, 0.25) is 0 Å². The van der Waals surface area contributed by atoms with Crippen molar-refractivity contribution in [3.63, 3.8) is 0 Å². The van der Waals surface area contributed by atoms with Crippen LogP contribution in [0.3, 0.4) is 0 Å². The minimum Gasteiger partial charge on any atom is -0.493 e. The Hall–Kier alpha value is -1.06. The molecule has 1 atom stereocenters. The molecule has 1 aromatic carbocycles. The van der Waals surface area contributed by atoms with Crippen molar-refractivity contribution < 1.29 is 4.74 Å². The summed E-state index contributed by atoms with van der Waals surface area (Å²) in [7, 11) is 2.16. The van der Waals surface area contributed by atoms with Crippen LogP contribution in [0.25, 0.3) is 0 Å². The highest BCUT2D eigenvalue weighted by molar-refractivity contribution is 5.40. The van der Waals surface area contributed by atoms with Crippen LogP contribution in [-0.4, -0.2) is 38.2 Å². The third kappa shape index (κ3) is 3.71. The molecule has 1 unspecified atom stereocenters. The van der Waals surface area contributed by atoms with Gasteiger partial charge in [0.15, 0.2) is 0 Å². The summed E-state index contributed by atoms with van der Waals surface area (Å²) in [5.74, 6) is 1.07. The van der Waals surface area contributed by atoms with E-state index in [0.717, 1.165) is 44.8 Å². The molecule has 1 aromatic rings. The van der Waals surface area contributed by atoms with E-state index in [1.807, 2.05) is 0 Å². The SMILES string of the molecule is CCC(NCCN(C)CC)c1ccc2c(c1)CCO2. The number of hydrogen-bond donors (Lipinski definition) is 1. The van der Waals surface area contributed by atoms with Crippen LogP contribution in [0.1, 0.15) is 37.4 Å². The molecule has 0 radical (unpaired) electrons. The minimum absolute atomic E-state index is 0.455. The molecule has 1 N–H and O–H groups in total. The van der Waals surface area contributed by atoms with Gasteiger partial charge in [-0.05, 0) is 37.2 Å². The van der Waals surface area contributed by atoms with Crippen LogP contribution in [-0.2, 0) is 6.42 Å². The number of ether oxygens (including phenoxy) is 1. The zero-order valence-electron chi connectivity index (χ0n) is 12.4. The molecule has 0 amide bonds. The number of likely N-dealkylation sites (N-methyl/N-ethyl adjacent to an activating group) is 1. The lowest BCUT2D eigenvalue weighted by molar-refractivity contribution is 0.338. The summed E-state index contributed by atoms with van der Waals surface area (Å²) < 4.78 is 5.57. The predicted octanol–water partition coefficient (Wildman–Crippen LogP) is 2.61. The fourth-order valence-electron chi connectivity index (χ4n) is 2.51. The van der Waals surface area contributed by atoms with Gasteiger partial charge in [-0.3, -0.25) is 0 Å². The second-order valence-electron chi connectivity index (χ2n) is 5.28. The van der Waals surface area contributed by atoms with E-state index in [9.17, 15) is 0 Å². The van der Waals surface area contributed by atoms with E-state index in [1.54, 1.807) is 0 Å². The van der Waals surface area contributed by atoms with Crippen molar-refractivity contribution in [2.24, 2.45) is 0 Å². The van der Waals surface area contributed by atoms with Gasteiger partial charge in [0.2, 0.25) is 0 Å². The highest BCUT2D eigenvalue weighted by Crippen LogP contribution is 2.28. The number of rotatable bonds is 7. The zero-order valence-corrected chi connectivity index (χ0v) is 12.4. The zero-order chi connectivity index (χ0) is 13.7. The fraction of sp³-hybridized carbons (Fsp3) is 0.625. The monoisotopic (exact) mass is 262 g/mol. The average Bonchev–Trinajstić information content (AvgIpc) is 2.90. The summed E-state index contributed by atoms with van der Waals surface area (Å²) in [5, 5.41) is 3.66. The first-order valence-electron chi connectivity index (χ1n) is 7.42. The summed E-state index contributed by atoms with van der Waals surface area (Å²) in [6, 6.07) is 7.10. The third-order valence-corrected chi connectivity index (χ3v) is 3.95. The van der Waals surface area contributed by atoms with E-state index in [4.69, 9.17) is 4.74 Å². The maximum atomic E-state index is 5.57. The largest absolute Gasteiger partial charge is 0.493 e. The minimum atomic E-state index is 0.455. The van der Waals surface area contributed by atoms with Crippen molar-refractivity contribution in [3.05, 3.63) is 29.3 Å². The lowest BCUT2D eigenvalue weighted by Gasteiger charge is -2.20. The standard InChI is InChI=1S/C16H26N2O/c1-4-15(17-9-10-18(3)5-2)13-6-7-16-14(12-13)8-11-19-16/h6-7,12,15,17H,4-5,8-11H2,1-3H3. The van der Waals surface area contributed by atoms with Gasteiger partial charge in [-0.25, -0.2) is 0 Å². The maximum absolute atomic E-state index is 5.57. The first kappa shape index (κ1) is 14.4. The van der Waals surface area contributed by atoms with Crippen LogP contribution in [0.5, 0.6) is 5.75 Å². The van der Waals surface area contributed by atoms with Gasteiger partial charge in [-0.2, -0.15) is 0 Å². The molecule has 0 spiro atoms. The van der Waals surface area contributed by atoms with Crippen molar-refractivity contribution in [2.75, 3.05) is 33.3 Å². The second-order valence-corrected chi connectivity index (χ2v) is 5.28. The van der Waals surface area contributed by atoms with Crippen molar-refractivity contribution in [1.82, 2.24) is 10.2 Å².